The van der Waals surface area contributed by atoms with Crippen molar-refractivity contribution in [1.82, 2.24) is 15.5 Å². The summed E-state index contributed by atoms with van der Waals surface area (Å²) >= 11 is 1.73. The average Bonchev–Trinajstić information content (AvgIpc) is 3.39. The van der Waals surface area contributed by atoms with Gasteiger partial charge in [-0.05, 0) is 41.3 Å². The summed E-state index contributed by atoms with van der Waals surface area (Å²) in [5.74, 6) is 1.83. The summed E-state index contributed by atoms with van der Waals surface area (Å²) in [7, 11) is 0. The Morgan fingerprint density at radius 1 is 1.28 bits per heavy atom. The smallest absolute Gasteiger partial charge is 0.223 e. The summed E-state index contributed by atoms with van der Waals surface area (Å²) in [4.78, 5) is 19.1. The van der Waals surface area contributed by atoms with Gasteiger partial charge in [-0.2, -0.15) is 11.3 Å². The predicted molar refractivity (Wildman–Crippen MR) is 122 cm³/mol. The number of carbonyl (C=O) groups excluding carboxylic acids is 1. The molecule has 2 heterocycles. The number of aliphatic imine (C=N–C) groups is 1. The highest BCUT2D eigenvalue weighted by atomic mass is 32.1. The van der Waals surface area contributed by atoms with Gasteiger partial charge >= 0.3 is 0 Å². The van der Waals surface area contributed by atoms with Crippen LogP contribution in [0.15, 0.2) is 52.2 Å². The van der Waals surface area contributed by atoms with Crippen LogP contribution >= 0.6 is 11.3 Å². The Hall–Kier alpha value is -2.34. The third-order valence-electron chi connectivity index (χ3n) is 5.35. The van der Waals surface area contributed by atoms with Crippen LogP contribution in [0.2, 0.25) is 0 Å². The molecule has 156 valence electrons. The zero-order valence-electron chi connectivity index (χ0n) is 17.4. The van der Waals surface area contributed by atoms with E-state index in [-0.39, 0.29) is 5.91 Å². The molecule has 1 saturated heterocycles. The van der Waals surface area contributed by atoms with Crippen molar-refractivity contribution in [1.29, 1.82) is 0 Å². The number of nitrogens with one attached hydrogen (secondary N) is 2. The number of nitrogens with zero attached hydrogens (tertiary/aromatic N) is 2. The van der Waals surface area contributed by atoms with E-state index in [9.17, 15) is 4.79 Å². The Balaban J connectivity index is 1.45. The van der Waals surface area contributed by atoms with Crippen LogP contribution in [0, 0.1) is 5.92 Å². The van der Waals surface area contributed by atoms with Crippen molar-refractivity contribution in [2.75, 3.05) is 32.7 Å². The summed E-state index contributed by atoms with van der Waals surface area (Å²) in [6, 6.07) is 12.5. The minimum atomic E-state index is 0.265. The monoisotopic (exact) mass is 412 g/mol. The molecule has 6 heteroatoms. The summed E-state index contributed by atoms with van der Waals surface area (Å²) < 4.78 is 0. The summed E-state index contributed by atoms with van der Waals surface area (Å²) in [5, 5.41) is 11.1. The number of likely N-dealkylation sites (tertiary alicyclic amines) is 1. The fraction of sp³-hybridized carbons (Fsp3) is 0.478. The van der Waals surface area contributed by atoms with E-state index in [0.717, 1.165) is 45.1 Å². The zero-order valence-corrected chi connectivity index (χ0v) is 18.3. The first-order valence-electron chi connectivity index (χ1n) is 10.5. The molecule has 1 aromatic carbocycles. The molecule has 1 amide bonds. The van der Waals surface area contributed by atoms with Crippen LogP contribution in [0.25, 0.3) is 0 Å². The van der Waals surface area contributed by atoms with Gasteiger partial charge in [-0.3, -0.25) is 9.79 Å². The highest BCUT2D eigenvalue weighted by Crippen LogP contribution is 2.19. The van der Waals surface area contributed by atoms with E-state index >= 15 is 0 Å². The fourth-order valence-corrected chi connectivity index (χ4v) is 4.37. The number of guanidine groups is 1. The van der Waals surface area contributed by atoms with Crippen molar-refractivity contribution < 1.29 is 4.79 Å². The summed E-state index contributed by atoms with van der Waals surface area (Å²) in [5.41, 5.74) is 2.62. The Morgan fingerprint density at radius 3 is 2.83 bits per heavy atom. The lowest BCUT2D eigenvalue weighted by atomic mass is 10.1. The van der Waals surface area contributed by atoms with Gasteiger partial charge in [0.15, 0.2) is 5.96 Å². The molecule has 2 aromatic rings. The molecule has 1 fully saturated rings. The molecule has 2 atom stereocenters. The molecular formula is C23H32N4OS. The van der Waals surface area contributed by atoms with Gasteiger partial charge in [0, 0.05) is 51.0 Å². The van der Waals surface area contributed by atoms with Crippen molar-refractivity contribution >= 4 is 23.2 Å². The standard InChI is InChI=1S/C23H32N4OS/c1-3-24-23(25-14-18(2)21-10-12-29-17-21)26-15-20-13-22(28)27(16-20)11-9-19-7-5-4-6-8-19/h4-8,10,12,17-18,20H,3,9,11,13-16H2,1-2H3,(H2,24,25,26). The molecule has 0 saturated carbocycles. The molecule has 3 rings (SSSR count). The second-order valence-electron chi connectivity index (χ2n) is 7.70. The van der Waals surface area contributed by atoms with Crippen molar-refractivity contribution in [3.63, 3.8) is 0 Å². The molecule has 0 spiro atoms. The normalized spacial score (nSPS) is 18.1. The van der Waals surface area contributed by atoms with Crippen LogP contribution in [-0.4, -0.2) is 49.5 Å². The first kappa shape index (κ1) is 21.4. The number of hydrogen-bond donors (Lipinski definition) is 2. The van der Waals surface area contributed by atoms with Crippen LogP contribution in [-0.2, 0) is 11.2 Å². The Labute approximate surface area is 178 Å². The summed E-state index contributed by atoms with van der Waals surface area (Å²) in [6.45, 7) is 8.24. The Bertz CT molecular complexity index is 775. The van der Waals surface area contributed by atoms with Crippen LogP contribution in [0.5, 0.6) is 0 Å². The number of amides is 1. The second-order valence-corrected chi connectivity index (χ2v) is 8.48. The first-order valence-corrected chi connectivity index (χ1v) is 11.5. The van der Waals surface area contributed by atoms with E-state index in [1.807, 2.05) is 11.0 Å². The third-order valence-corrected chi connectivity index (χ3v) is 6.05. The SMILES string of the molecule is CCNC(=NCC(C)c1ccsc1)NCC1CC(=O)N(CCc2ccccc2)C1. The highest BCUT2D eigenvalue weighted by molar-refractivity contribution is 7.07. The maximum absolute atomic E-state index is 12.4. The van der Waals surface area contributed by atoms with Crippen molar-refractivity contribution in [3.8, 4) is 0 Å². The largest absolute Gasteiger partial charge is 0.357 e. The molecule has 2 N–H and O–H groups in total. The molecule has 29 heavy (non-hydrogen) atoms. The quantitative estimate of drug-likeness (QED) is 0.490. The maximum atomic E-state index is 12.4. The van der Waals surface area contributed by atoms with E-state index in [2.05, 4.69) is 65.6 Å². The average molecular weight is 413 g/mol. The topological polar surface area (TPSA) is 56.7 Å². The van der Waals surface area contributed by atoms with Gasteiger partial charge in [0.05, 0.1) is 0 Å². The first-order chi connectivity index (χ1) is 14.2. The van der Waals surface area contributed by atoms with Crippen LogP contribution in [0.4, 0.5) is 0 Å². The van der Waals surface area contributed by atoms with Gasteiger partial charge in [0.1, 0.15) is 0 Å². The second kappa shape index (κ2) is 11.0. The number of hydrogen-bond acceptors (Lipinski definition) is 3. The van der Waals surface area contributed by atoms with Gasteiger partial charge in [-0.25, -0.2) is 0 Å². The predicted octanol–water partition coefficient (Wildman–Crippen LogP) is 3.50. The highest BCUT2D eigenvalue weighted by Gasteiger charge is 2.29. The third kappa shape index (κ3) is 6.60. The van der Waals surface area contributed by atoms with E-state index in [1.165, 1.54) is 11.1 Å². The van der Waals surface area contributed by atoms with E-state index < -0.39 is 0 Å². The Kier molecular flexibility index (Phi) is 8.11. The molecular weight excluding hydrogens is 380 g/mol. The van der Waals surface area contributed by atoms with Gasteiger partial charge < -0.3 is 15.5 Å². The number of thiophene rings is 1. The molecule has 1 aliphatic heterocycles. The lowest BCUT2D eigenvalue weighted by Gasteiger charge is -2.18. The zero-order chi connectivity index (χ0) is 20.5. The van der Waals surface area contributed by atoms with Gasteiger partial charge in [-0.1, -0.05) is 37.3 Å². The number of rotatable bonds is 9. The lowest BCUT2D eigenvalue weighted by Crippen LogP contribution is -2.40. The fourth-order valence-electron chi connectivity index (χ4n) is 3.59. The minimum absolute atomic E-state index is 0.265. The van der Waals surface area contributed by atoms with Gasteiger partial charge in [0.2, 0.25) is 5.91 Å². The Morgan fingerprint density at radius 2 is 2.10 bits per heavy atom. The number of carbonyl (C=O) groups is 1. The molecule has 0 radical (unpaired) electrons. The number of benzene rings is 1. The van der Waals surface area contributed by atoms with Crippen LogP contribution in [0.1, 0.15) is 37.3 Å². The van der Waals surface area contributed by atoms with Crippen molar-refractivity contribution in [2.45, 2.75) is 32.6 Å². The van der Waals surface area contributed by atoms with Gasteiger partial charge in [-0.15, -0.1) is 0 Å². The van der Waals surface area contributed by atoms with E-state index in [0.29, 0.717) is 18.3 Å². The van der Waals surface area contributed by atoms with Crippen LogP contribution < -0.4 is 10.6 Å². The van der Waals surface area contributed by atoms with Gasteiger partial charge in [0.25, 0.3) is 0 Å². The molecule has 1 aliphatic rings. The molecule has 2 unspecified atom stereocenters. The maximum Gasteiger partial charge on any atom is 0.223 e. The molecule has 5 nitrogen and oxygen atoms in total. The van der Waals surface area contributed by atoms with E-state index in [4.69, 9.17) is 4.99 Å². The van der Waals surface area contributed by atoms with Crippen molar-refractivity contribution in [3.05, 3.63) is 58.3 Å². The molecule has 0 bridgehead atoms. The minimum Gasteiger partial charge on any atom is -0.357 e. The lowest BCUT2D eigenvalue weighted by molar-refractivity contribution is -0.127. The molecule has 0 aliphatic carbocycles. The summed E-state index contributed by atoms with van der Waals surface area (Å²) in [6.07, 6.45) is 1.53. The molecule has 1 aromatic heterocycles. The van der Waals surface area contributed by atoms with E-state index in [1.54, 1.807) is 11.3 Å². The van der Waals surface area contributed by atoms with Crippen LogP contribution in [0.3, 0.4) is 0 Å². The van der Waals surface area contributed by atoms with Crippen molar-refractivity contribution in [2.24, 2.45) is 10.9 Å².